The van der Waals surface area contributed by atoms with Crippen LogP contribution < -0.4 is 4.74 Å². The largest absolute Gasteiger partial charge is 0.503 e. The average Bonchev–Trinajstić information content (AvgIpc) is 2.47. The molecule has 1 aliphatic heterocycles. The van der Waals surface area contributed by atoms with Crippen molar-refractivity contribution in [2.45, 2.75) is 13.0 Å². The summed E-state index contributed by atoms with van der Waals surface area (Å²) in [6, 6.07) is 5.30. The fourth-order valence-corrected chi connectivity index (χ4v) is 2.68. The molecule has 0 aromatic heterocycles. The highest BCUT2D eigenvalue weighted by Crippen LogP contribution is 2.38. The van der Waals surface area contributed by atoms with Gasteiger partial charge in [-0.2, -0.15) is 5.26 Å². The number of piperazine rings is 1. The number of phenols is 1. The molecule has 1 aromatic carbocycles. The second-order valence-corrected chi connectivity index (χ2v) is 5.56. The van der Waals surface area contributed by atoms with E-state index in [1.54, 1.807) is 12.1 Å². The summed E-state index contributed by atoms with van der Waals surface area (Å²) in [7, 11) is 2.07. The van der Waals surface area contributed by atoms with Crippen LogP contribution in [0.5, 0.6) is 11.5 Å². The number of hydrogen-bond donors (Lipinski definition) is 1. The van der Waals surface area contributed by atoms with E-state index in [2.05, 4.69) is 22.9 Å². The molecule has 1 atom stereocenters. The molecule has 1 N–H and O–H groups in total. The molecule has 5 nitrogen and oxygen atoms in total. The molecule has 1 saturated heterocycles. The standard InChI is InChI=1S/C15H20ClN3O2/c1-3-21-14-9-11(8-12(16)15(14)20)13(10-17)19-6-4-18(2)5-7-19/h8-9,13,20H,3-7H2,1-2H3. The smallest absolute Gasteiger partial charge is 0.176 e. The minimum atomic E-state index is -0.379. The lowest BCUT2D eigenvalue weighted by molar-refractivity contribution is 0.132. The van der Waals surface area contributed by atoms with Gasteiger partial charge in [0.1, 0.15) is 6.04 Å². The number of aromatic hydroxyl groups is 1. The molecular weight excluding hydrogens is 290 g/mol. The van der Waals surface area contributed by atoms with Crippen molar-refractivity contribution < 1.29 is 9.84 Å². The maximum atomic E-state index is 9.89. The number of nitriles is 1. The summed E-state index contributed by atoms with van der Waals surface area (Å²) < 4.78 is 5.39. The Labute approximate surface area is 130 Å². The molecule has 2 rings (SSSR count). The molecule has 0 bridgehead atoms. The van der Waals surface area contributed by atoms with Gasteiger partial charge in [0.25, 0.3) is 0 Å². The number of benzene rings is 1. The summed E-state index contributed by atoms with van der Waals surface area (Å²) in [4.78, 5) is 4.36. The van der Waals surface area contributed by atoms with Crippen LogP contribution in [0.25, 0.3) is 0 Å². The molecule has 0 radical (unpaired) electrons. The van der Waals surface area contributed by atoms with E-state index >= 15 is 0 Å². The van der Waals surface area contributed by atoms with Gasteiger partial charge in [-0.25, -0.2) is 0 Å². The van der Waals surface area contributed by atoms with E-state index in [1.807, 2.05) is 6.92 Å². The van der Waals surface area contributed by atoms with E-state index in [-0.39, 0.29) is 16.8 Å². The zero-order valence-corrected chi connectivity index (χ0v) is 13.1. The Morgan fingerprint density at radius 2 is 2.05 bits per heavy atom. The second kappa shape index (κ2) is 6.99. The highest BCUT2D eigenvalue weighted by molar-refractivity contribution is 6.32. The highest BCUT2D eigenvalue weighted by atomic mass is 35.5. The van der Waals surface area contributed by atoms with Crippen molar-refractivity contribution in [3.63, 3.8) is 0 Å². The Morgan fingerprint density at radius 3 is 2.62 bits per heavy atom. The third-order valence-electron chi connectivity index (χ3n) is 3.69. The molecule has 0 saturated carbocycles. The monoisotopic (exact) mass is 309 g/mol. The fourth-order valence-electron chi connectivity index (χ4n) is 2.46. The molecule has 1 unspecified atom stereocenters. The number of likely N-dealkylation sites (N-methyl/N-ethyl adjacent to an activating group) is 1. The SMILES string of the molecule is CCOc1cc(C(C#N)N2CCN(C)CC2)cc(Cl)c1O. The van der Waals surface area contributed by atoms with Crippen LogP contribution in [0.4, 0.5) is 0 Å². The molecular formula is C15H20ClN3O2. The predicted octanol–water partition coefficient (Wildman–Crippen LogP) is 2.26. The van der Waals surface area contributed by atoms with E-state index in [1.165, 1.54) is 0 Å². The Balaban J connectivity index is 2.28. The van der Waals surface area contributed by atoms with Crippen LogP contribution >= 0.6 is 11.6 Å². The van der Waals surface area contributed by atoms with Crippen molar-refractivity contribution in [2.75, 3.05) is 39.8 Å². The number of ether oxygens (including phenoxy) is 1. The topological polar surface area (TPSA) is 59.7 Å². The van der Waals surface area contributed by atoms with Gasteiger partial charge in [-0.05, 0) is 31.7 Å². The van der Waals surface area contributed by atoms with Gasteiger partial charge in [-0.3, -0.25) is 4.90 Å². The van der Waals surface area contributed by atoms with Gasteiger partial charge in [0.2, 0.25) is 0 Å². The maximum absolute atomic E-state index is 9.89. The van der Waals surface area contributed by atoms with Crippen molar-refractivity contribution in [2.24, 2.45) is 0 Å². The Morgan fingerprint density at radius 1 is 1.38 bits per heavy atom. The van der Waals surface area contributed by atoms with Crippen LogP contribution in [0, 0.1) is 11.3 Å². The van der Waals surface area contributed by atoms with E-state index < -0.39 is 0 Å². The van der Waals surface area contributed by atoms with Crippen LogP contribution in [0.2, 0.25) is 5.02 Å². The number of rotatable bonds is 4. The fraction of sp³-hybridized carbons (Fsp3) is 0.533. The van der Waals surface area contributed by atoms with Crippen LogP contribution in [-0.2, 0) is 0 Å². The van der Waals surface area contributed by atoms with Gasteiger partial charge in [0.05, 0.1) is 17.7 Å². The Kier molecular flexibility index (Phi) is 5.29. The third kappa shape index (κ3) is 3.59. The lowest BCUT2D eigenvalue weighted by Crippen LogP contribution is -2.45. The molecule has 0 amide bonds. The molecule has 0 aliphatic carbocycles. The van der Waals surface area contributed by atoms with Gasteiger partial charge in [0.15, 0.2) is 11.5 Å². The maximum Gasteiger partial charge on any atom is 0.176 e. The highest BCUT2D eigenvalue weighted by Gasteiger charge is 2.25. The van der Waals surface area contributed by atoms with E-state index in [0.29, 0.717) is 12.4 Å². The summed E-state index contributed by atoms with van der Waals surface area (Å²) in [5, 5.41) is 19.6. The lowest BCUT2D eigenvalue weighted by Gasteiger charge is -2.35. The zero-order valence-electron chi connectivity index (χ0n) is 12.3. The molecule has 1 aromatic rings. The van der Waals surface area contributed by atoms with Gasteiger partial charge in [-0.15, -0.1) is 0 Å². The summed E-state index contributed by atoms with van der Waals surface area (Å²) >= 11 is 6.05. The number of halogens is 1. The number of phenolic OH excluding ortho intramolecular Hbond substituents is 1. The predicted molar refractivity (Wildman–Crippen MR) is 81.7 cm³/mol. The first-order valence-corrected chi connectivity index (χ1v) is 7.42. The Hall–Kier alpha value is -1.48. The third-order valence-corrected chi connectivity index (χ3v) is 3.98. The molecule has 1 fully saturated rings. The van der Waals surface area contributed by atoms with Crippen LogP contribution in [-0.4, -0.2) is 54.7 Å². The molecule has 1 heterocycles. The minimum Gasteiger partial charge on any atom is -0.503 e. The summed E-state index contributed by atoms with van der Waals surface area (Å²) in [5.74, 6) is 0.256. The summed E-state index contributed by atoms with van der Waals surface area (Å²) in [6.45, 7) is 5.79. The van der Waals surface area contributed by atoms with Gasteiger partial charge >= 0.3 is 0 Å². The first-order chi connectivity index (χ1) is 10.1. The quantitative estimate of drug-likeness (QED) is 0.924. The van der Waals surface area contributed by atoms with Crippen LogP contribution in [0.1, 0.15) is 18.5 Å². The molecule has 0 spiro atoms. The van der Waals surface area contributed by atoms with Crippen molar-refractivity contribution in [1.29, 1.82) is 5.26 Å². The normalized spacial score (nSPS) is 18.2. The minimum absolute atomic E-state index is 0.0719. The van der Waals surface area contributed by atoms with E-state index in [4.69, 9.17) is 16.3 Å². The summed E-state index contributed by atoms with van der Waals surface area (Å²) in [5.41, 5.74) is 0.758. The van der Waals surface area contributed by atoms with Crippen molar-refractivity contribution in [3.8, 4) is 17.6 Å². The first kappa shape index (κ1) is 15.9. The molecule has 21 heavy (non-hydrogen) atoms. The van der Waals surface area contributed by atoms with Gasteiger partial charge < -0.3 is 14.7 Å². The second-order valence-electron chi connectivity index (χ2n) is 5.15. The van der Waals surface area contributed by atoms with Gasteiger partial charge in [0, 0.05) is 26.2 Å². The van der Waals surface area contributed by atoms with Crippen molar-refractivity contribution in [3.05, 3.63) is 22.7 Å². The number of hydrogen-bond acceptors (Lipinski definition) is 5. The van der Waals surface area contributed by atoms with Crippen molar-refractivity contribution in [1.82, 2.24) is 9.80 Å². The van der Waals surface area contributed by atoms with Crippen LogP contribution in [0.3, 0.4) is 0 Å². The first-order valence-electron chi connectivity index (χ1n) is 7.04. The molecule has 114 valence electrons. The molecule has 1 aliphatic rings. The zero-order chi connectivity index (χ0) is 15.4. The van der Waals surface area contributed by atoms with E-state index in [9.17, 15) is 10.4 Å². The van der Waals surface area contributed by atoms with Crippen LogP contribution in [0.15, 0.2) is 12.1 Å². The Bertz CT molecular complexity index is 536. The summed E-state index contributed by atoms with van der Waals surface area (Å²) in [6.07, 6.45) is 0. The molecule has 6 heteroatoms. The van der Waals surface area contributed by atoms with Gasteiger partial charge in [-0.1, -0.05) is 11.6 Å². The van der Waals surface area contributed by atoms with E-state index in [0.717, 1.165) is 31.7 Å². The average molecular weight is 310 g/mol. The number of nitrogens with zero attached hydrogens (tertiary/aromatic N) is 3. The van der Waals surface area contributed by atoms with Crippen molar-refractivity contribution >= 4 is 11.6 Å². The lowest BCUT2D eigenvalue weighted by atomic mass is 10.0.